The van der Waals surface area contributed by atoms with Crippen molar-refractivity contribution in [3.63, 3.8) is 0 Å². The molecule has 0 bridgehead atoms. The minimum absolute atomic E-state index is 0.0226. The lowest BCUT2D eigenvalue weighted by Crippen LogP contribution is -2.31. The summed E-state index contributed by atoms with van der Waals surface area (Å²) >= 11 is 0. The summed E-state index contributed by atoms with van der Waals surface area (Å²) in [5.41, 5.74) is 1.65. The Hall–Kier alpha value is -3.06. The van der Waals surface area contributed by atoms with Crippen molar-refractivity contribution in [2.45, 2.75) is 52.5 Å². The molecular formula is C26H32N4O3. The highest BCUT2D eigenvalue weighted by Crippen LogP contribution is 2.21. The van der Waals surface area contributed by atoms with Crippen LogP contribution >= 0.6 is 0 Å². The van der Waals surface area contributed by atoms with Crippen molar-refractivity contribution >= 4 is 5.78 Å². The maximum Gasteiger partial charge on any atom is 0.262 e. The zero-order valence-corrected chi connectivity index (χ0v) is 19.5. The van der Waals surface area contributed by atoms with E-state index in [1.807, 2.05) is 50.2 Å². The molecule has 7 nitrogen and oxygen atoms in total. The first kappa shape index (κ1) is 23.1. The highest BCUT2D eigenvalue weighted by Gasteiger charge is 2.19. The maximum atomic E-state index is 13.5. The van der Waals surface area contributed by atoms with E-state index in [0.717, 1.165) is 25.2 Å². The van der Waals surface area contributed by atoms with Gasteiger partial charge in [-0.05, 0) is 49.5 Å². The van der Waals surface area contributed by atoms with Crippen LogP contribution in [0.1, 0.15) is 45.4 Å². The molecule has 1 aromatic carbocycles. The number of hydrogen-bond acceptors (Lipinski definition) is 6. The maximum absolute atomic E-state index is 13.5. The summed E-state index contributed by atoms with van der Waals surface area (Å²) in [6.07, 6.45) is 4.85. The van der Waals surface area contributed by atoms with Gasteiger partial charge in [0.2, 0.25) is 11.7 Å². The number of carbonyl (C=O) groups excluding carboxylic acids is 1. The first-order valence-electron chi connectivity index (χ1n) is 11.9. The summed E-state index contributed by atoms with van der Waals surface area (Å²) in [6.45, 7) is 7.12. The van der Waals surface area contributed by atoms with Gasteiger partial charge in [0.25, 0.3) is 5.56 Å². The molecule has 2 aromatic heterocycles. The Labute approximate surface area is 194 Å². The van der Waals surface area contributed by atoms with Gasteiger partial charge in [0.1, 0.15) is 0 Å². The molecule has 0 radical (unpaired) electrons. The van der Waals surface area contributed by atoms with E-state index in [2.05, 4.69) is 15.0 Å². The van der Waals surface area contributed by atoms with E-state index < -0.39 is 0 Å². The quantitative estimate of drug-likeness (QED) is 0.488. The van der Waals surface area contributed by atoms with Gasteiger partial charge in [0, 0.05) is 19.4 Å². The number of likely N-dealkylation sites (tertiary alicyclic amines) is 1. The number of nitrogens with zero attached hydrogens (tertiary/aromatic N) is 4. The third kappa shape index (κ3) is 5.85. The van der Waals surface area contributed by atoms with Gasteiger partial charge in [0.05, 0.1) is 17.8 Å². The lowest BCUT2D eigenvalue weighted by Gasteiger charge is -2.25. The summed E-state index contributed by atoms with van der Waals surface area (Å²) in [7, 11) is 0. The predicted molar refractivity (Wildman–Crippen MR) is 128 cm³/mol. The van der Waals surface area contributed by atoms with E-state index in [1.54, 1.807) is 10.6 Å². The molecule has 0 amide bonds. The minimum atomic E-state index is -0.281. The average molecular weight is 449 g/mol. The van der Waals surface area contributed by atoms with E-state index in [1.165, 1.54) is 19.3 Å². The Balaban J connectivity index is 1.61. The molecule has 3 heterocycles. The molecule has 0 spiro atoms. The number of piperidine rings is 1. The number of pyridine rings is 1. The number of hydrogen-bond donors (Lipinski definition) is 0. The average Bonchev–Trinajstić information content (AvgIpc) is 3.28. The van der Waals surface area contributed by atoms with E-state index in [9.17, 15) is 9.59 Å². The fourth-order valence-electron chi connectivity index (χ4n) is 4.37. The van der Waals surface area contributed by atoms with Crippen molar-refractivity contribution in [2.24, 2.45) is 5.92 Å². The Morgan fingerprint density at radius 2 is 1.82 bits per heavy atom. The van der Waals surface area contributed by atoms with E-state index in [-0.39, 0.29) is 29.6 Å². The number of aromatic nitrogens is 3. The summed E-state index contributed by atoms with van der Waals surface area (Å²) in [4.78, 5) is 33.0. The Bertz CT molecular complexity index is 1130. The Morgan fingerprint density at radius 3 is 2.55 bits per heavy atom. The SMILES string of the molecule is CC(C)CC(=O)Cn1c(-c2ccccc2)ccc(-c2noc(CCN3CCCCC3)n2)c1=O. The van der Waals surface area contributed by atoms with Crippen LogP contribution in [0.15, 0.2) is 51.8 Å². The van der Waals surface area contributed by atoms with E-state index >= 15 is 0 Å². The molecule has 1 saturated heterocycles. The summed E-state index contributed by atoms with van der Waals surface area (Å²) < 4.78 is 6.99. The molecule has 1 fully saturated rings. The molecular weight excluding hydrogens is 416 g/mol. The van der Waals surface area contributed by atoms with Gasteiger partial charge in [0.15, 0.2) is 5.78 Å². The largest absolute Gasteiger partial charge is 0.339 e. The summed E-state index contributed by atoms with van der Waals surface area (Å²) in [5.74, 6) is 1.07. The highest BCUT2D eigenvalue weighted by atomic mass is 16.5. The van der Waals surface area contributed by atoms with Gasteiger partial charge < -0.3 is 14.0 Å². The van der Waals surface area contributed by atoms with Crippen LogP contribution in [0.3, 0.4) is 0 Å². The zero-order chi connectivity index (χ0) is 23.2. The summed E-state index contributed by atoms with van der Waals surface area (Å²) in [6, 6.07) is 13.2. The zero-order valence-electron chi connectivity index (χ0n) is 19.5. The van der Waals surface area contributed by atoms with Crippen LogP contribution in [0.2, 0.25) is 0 Å². The first-order valence-corrected chi connectivity index (χ1v) is 11.9. The fourth-order valence-corrected chi connectivity index (χ4v) is 4.37. The Morgan fingerprint density at radius 1 is 1.06 bits per heavy atom. The number of benzene rings is 1. The van der Waals surface area contributed by atoms with Gasteiger partial charge in [-0.25, -0.2) is 0 Å². The van der Waals surface area contributed by atoms with Gasteiger partial charge in [-0.15, -0.1) is 0 Å². The van der Waals surface area contributed by atoms with Crippen LogP contribution < -0.4 is 5.56 Å². The molecule has 0 N–H and O–H groups in total. The smallest absolute Gasteiger partial charge is 0.262 e. The second-order valence-electron chi connectivity index (χ2n) is 9.19. The molecule has 33 heavy (non-hydrogen) atoms. The van der Waals surface area contributed by atoms with Gasteiger partial charge in [-0.2, -0.15) is 4.98 Å². The number of Topliss-reactive ketones (excluding diaryl/α,β-unsaturated/α-hetero) is 1. The van der Waals surface area contributed by atoms with Gasteiger partial charge in [-0.1, -0.05) is 55.8 Å². The summed E-state index contributed by atoms with van der Waals surface area (Å²) in [5, 5.41) is 4.08. The van der Waals surface area contributed by atoms with Crippen molar-refractivity contribution in [1.82, 2.24) is 19.6 Å². The molecule has 3 aromatic rings. The lowest BCUT2D eigenvalue weighted by molar-refractivity contribution is -0.120. The van der Waals surface area contributed by atoms with E-state index in [0.29, 0.717) is 30.0 Å². The second kappa shape index (κ2) is 10.7. The van der Waals surface area contributed by atoms with Gasteiger partial charge in [-0.3, -0.25) is 9.59 Å². The lowest BCUT2D eigenvalue weighted by atomic mass is 10.1. The van der Waals surface area contributed by atoms with Crippen LogP contribution in [-0.4, -0.2) is 45.0 Å². The molecule has 0 atom stereocenters. The fraction of sp³-hybridized carbons (Fsp3) is 0.462. The van der Waals surface area contributed by atoms with Crippen LogP contribution in [0, 0.1) is 5.92 Å². The highest BCUT2D eigenvalue weighted by molar-refractivity contribution is 5.79. The number of ketones is 1. The molecule has 0 saturated carbocycles. The third-order valence-corrected chi connectivity index (χ3v) is 6.01. The Kier molecular flexibility index (Phi) is 7.50. The monoisotopic (exact) mass is 448 g/mol. The standard InChI is InChI=1S/C26H32N4O3/c1-19(2)17-21(31)18-30-23(20-9-5-3-6-10-20)12-11-22(26(30)32)25-27-24(33-28-25)13-16-29-14-7-4-8-15-29/h3,5-6,9-12,19H,4,7-8,13-18H2,1-2H3. The van der Waals surface area contributed by atoms with Crippen molar-refractivity contribution in [3.8, 4) is 22.6 Å². The van der Waals surface area contributed by atoms with Crippen LogP contribution in [0.4, 0.5) is 0 Å². The minimum Gasteiger partial charge on any atom is -0.339 e. The van der Waals surface area contributed by atoms with Crippen molar-refractivity contribution in [1.29, 1.82) is 0 Å². The van der Waals surface area contributed by atoms with Crippen LogP contribution in [0.5, 0.6) is 0 Å². The third-order valence-electron chi connectivity index (χ3n) is 6.01. The molecule has 0 unspecified atom stereocenters. The van der Waals surface area contributed by atoms with Gasteiger partial charge >= 0.3 is 0 Å². The van der Waals surface area contributed by atoms with Crippen molar-refractivity contribution in [3.05, 3.63) is 58.7 Å². The molecule has 4 rings (SSSR count). The molecule has 174 valence electrons. The molecule has 7 heteroatoms. The number of rotatable bonds is 9. The molecule has 1 aliphatic heterocycles. The first-order chi connectivity index (χ1) is 16.0. The van der Waals surface area contributed by atoms with Crippen molar-refractivity contribution in [2.75, 3.05) is 19.6 Å². The normalized spacial score (nSPS) is 14.6. The predicted octanol–water partition coefficient (Wildman–Crippen LogP) is 4.21. The van der Waals surface area contributed by atoms with Crippen LogP contribution in [-0.2, 0) is 17.8 Å². The van der Waals surface area contributed by atoms with E-state index in [4.69, 9.17) is 4.52 Å². The number of carbonyl (C=O) groups is 1. The van der Waals surface area contributed by atoms with Crippen LogP contribution in [0.25, 0.3) is 22.6 Å². The second-order valence-corrected chi connectivity index (χ2v) is 9.19. The van der Waals surface area contributed by atoms with Crippen molar-refractivity contribution < 1.29 is 9.32 Å². The topological polar surface area (TPSA) is 81.2 Å². The molecule has 0 aliphatic carbocycles. The molecule has 1 aliphatic rings.